The maximum Gasteiger partial charge on any atom is 0.319 e. The number of benzene rings is 2. The molecule has 2 aromatic carbocycles. The lowest BCUT2D eigenvalue weighted by atomic mass is 10.1. The summed E-state index contributed by atoms with van der Waals surface area (Å²) >= 11 is 0. The van der Waals surface area contributed by atoms with Gasteiger partial charge in [0.15, 0.2) is 0 Å². The second kappa shape index (κ2) is 9.34. The number of hydrogen-bond donors (Lipinski definition) is 2. The van der Waals surface area contributed by atoms with Crippen LogP contribution in [0.5, 0.6) is 0 Å². The summed E-state index contributed by atoms with van der Waals surface area (Å²) in [5.41, 5.74) is 2.36. The van der Waals surface area contributed by atoms with Crippen LogP contribution in [0.25, 0.3) is 10.9 Å². The van der Waals surface area contributed by atoms with Crippen molar-refractivity contribution < 1.29 is 9.53 Å². The lowest BCUT2D eigenvalue weighted by Crippen LogP contribution is -2.36. The number of rotatable bonds is 7. The van der Waals surface area contributed by atoms with Gasteiger partial charge in [0, 0.05) is 12.8 Å². The summed E-state index contributed by atoms with van der Waals surface area (Å²) in [4.78, 5) is 30.0. The molecule has 7 heteroatoms. The number of nitrogens with one attached hydrogen (secondary N) is 2. The SMILES string of the molecule is CCc1ccc(NC(=O)N[C@H](C)c2nc3ccccc3c(=O)n2CCOC)cc1. The molecule has 0 unspecified atom stereocenters. The minimum atomic E-state index is -0.473. The number of aromatic nitrogens is 2. The molecular formula is C22H26N4O3. The number of hydrogen-bond acceptors (Lipinski definition) is 4. The molecule has 2 N–H and O–H groups in total. The largest absolute Gasteiger partial charge is 0.383 e. The van der Waals surface area contributed by atoms with Gasteiger partial charge in [0.25, 0.3) is 5.56 Å². The monoisotopic (exact) mass is 394 g/mol. The van der Waals surface area contributed by atoms with Gasteiger partial charge >= 0.3 is 6.03 Å². The van der Waals surface area contributed by atoms with Crippen LogP contribution < -0.4 is 16.2 Å². The Morgan fingerprint density at radius 1 is 1.17 bits per heavy atom. The average molecular weight is 394 g/mol. The van der Waals surface area contributed by atoms with Crippen LogP contribution in [-0.4, -0.2) is 29.3 Å². The molecule has 1 aromatic heterocycles. The van der Waals surface area contributed by atoms with Crippen molar-refractivity contribution in [3.63, 3.8) is 0 Å². The first-order valence-corrected chi connectivity index (χ1v) is 9.68. The molecule has 0 spiro atoms. The van der Waals surface area contributed by atoms with Gasteiger partial charge in [0.05, 0.1) is 30.1 Å². The Morgan fingerprint density at radius 2 is 1.90 bits per heavy atom. The minimum absolute atomic E-state index is 0.146. The Hall–Kier alpha value is -3.19. The number of urea groups is 1. The second-order valence-corrected chi connectivity index (χ2v) is 6.81. The molecule has 0 aliphatic carbocycles. The molecule has 0 fully saturated rings. The number of carbonyl (C=O) groups is 1. The van der Waals surface area contributed by atoms with Crippen molar-refractivity contribution >= 4 is 22.6 Å². The van der Waals surface area contributed by atoms with Gasteiger partial charge in [-0.05, 0) is 43.2 Å². The van der Waals surface area contributed by atoms with Gasteiger partial charge in [-0.25, -0.2) is 9.78 Å². The second-order valence-electron chi connectivity index (χ2n) is 6.81. The fourth-order valence-corrected chi connectivity index (χ4v) is 3.17. The molecule has 3 aromatic rings. The molecule has 2 amide bonds. The first kappa shape index (κ1) is 20.5. The highest BCUT2D eigenvalue weighted by Gasteiger charge is 2.18. The van der Waals surface area contributed by atoms with E-state index in [1.165, 1.54) is 5.56 Å². The van der Waals surface area contributed by atoms with Gasteiger partial charge < -0.3 is 15.4 Å². The third-order valence-corrected chi connectivity index (χ3v) is 4.77. The number of ether oxygens (including phenoxy) is 1. The lowest BCUT2D eigenvalue weighted by Gasteiger charge is -2.19. The molecule has 0 saturated carbocycles. The van der Waals surface area contributed by atoms with Crippen LogP contribution in [0, 0.1) is 0 Å². The fraction of sp³-hybridized carbons (Fsp3) is 0.318. The van der Waals surface area contributed by atoms with Crippen LogP contribution in [0.1, 0.15) is 31.3 Å². The van der Waals surface area contributed by atoms with E-state index in [2.05, 4.69) is 22.5 Å². The van der Waals surface area contributed by atoms with Gasteiger partial charge in [0.2, 0.25) is 0 Å². The number of nitrogens with zero attached hydrogens (tertiary/aromatic N) is 2. The molecule has 0 aliphatic rings. The molecule has 1 atom stereocenters. The zero-order valence-electron chi connectivity index (χ0n) is 16.9. The Balaban J connectivity index is 1.83. The Bertz CT molecular complexity index is 1040. The molecule has 7 nitrogen and oxygen atoms in total. The number of methoxy groups -OCH3 is 1. The van der Waals surface area contributed by atoms with Crippen molar-refractivity contribution in [3.05, 3.63) is 70.3 Å². The van der Waals surface area contributed by atoms with Gasteiger partial charge in [0.1, 0.15) is 5.82 Å². The predicted octanol–water partition coefficient (Wildman–Crippen LogP) is 3.49. The normalized spacial score (nSPS) is 12.0. The maximum absolute atomic E-state index is 12.9. The van der Waals surface area contributed by atoms with Crippen LogP contribution in [0.4, 0.5) is 10.5 Å². The van der Waals surface area contributed by atoms with E-state index < -0.39 is 6.04 Å². The summed E-state index contributed by atoms with van der Waals surface area (Å²) in [5, 5.41) is 6.23. The van der Waals surface area contributed by atoms with E-state index in [0.29, 0.717) is 35.6 Å². The van der Waals surface area contributed by atoms with E-state index >= 15 is 0 Å². The first-order valence-electron chi connectivity index (χ1n) is 9.68. The molecule has 0 radical (unpaired) electrons. The Kier molecular flexibility index (Phi) is 6.61. The molecule has 0 aliphatic heterocycles. The van der Waals surface area contributed by atoms with Crippen LogP contribution in [0.3, 0.4) is 0 Å². The van der Waals surface area contributed by atoms with Crippen molar-refractivity contribution in [2.75, 3.05) is 19.0 Å². The van der Waals surface area contributed by atoms with Gasteiger partial charge in [-0.3, -0.25) is 9.36 Å². The Morgan fingerprint density at radius 3 is 2.59 bits per heavy atom. The van der Waals surface area contributed by atoms with E-state index in [0.717, 1.165) is 6.42 Å². The van der Waals surface area contributed by atoms with Crippen LogP contribution in [-0.2, 0) is 17.7 Å². The first-order chi connectivity index (χ1) is 14.0. The fourth-order valence-electron chi connectivity index (χ4n) is 3.17. The summed E-state index contributed by atoms with van der Waals surface area (Å²) in [5.74, 6) is 0.488. The average Bonchev–Trinajstić information content (AvgIpc) is 2.73. The topological polar surface area (TPSA) is 85.3 Å². The number of anilines is 1. The number of aryl methyl sites for hydroxylation is 1. The summed E-state index contributed by atoms with van der Waals surface area (Å²) in [7, 11) is 1.58. The molecule has 152 valence electrons. The number of carbonyl (C=O) groups excluding carboxylic acids is 1. The van der Waals surface area contributed by atoms with Crippen molar-refractivity contribution in [1.82, 2.24) is 14.9 Å². The summed E-state index contributed by atoms with van der Waals surface area (Å²) in [6.45, 7) is 4.61. The lowest BCUT2D eigenvalue weighted by molar-refractivity contribution is 0.184. The number of fused-ring (bicyclic) bond motifs is 1. The maximum atomic E-state index is 12.9. The summed E-state index contributed by atoms with van der Waals surface area (Å²) in [6.07, 6.45) is 0.941. The van der Waals surface area contributed by atoms with Crippen LogP contribution >= 0.6 is 0 Å². The molecule has 0 saturated heterocycles. The summed E-state index contributed by atoms with van der Waals surface area (Å²) < 4.78 is 6.70. The third kappa shape index (κ3) is 4.81. The molecule has 0 bridgehead atoms. The highest BCUT2D eigenvalue weighted by Crippen LogP contribution is 2.15. The standard InChI is InChI=1S/C22H26N4O3/c1-4-16-9-11-17(12-10-16)24-22(28)23-15(2)20-25-19-8-6-5-7-18(19)21(27)26(20)13-14-29-3/h5-12,15H,4,13-14H2,1-3H3,(H2,23,24,28)/t15-/m1/s1. The zero-order chi connectivity index (χ0) is 20.8. The van der Waals surface area contributed by atoms with Crippen molar-refractivity contribution in [2.45, 2.75) is 32.9 Å². The van der Waals surface area contributed by atoms with E-state index in [9.17, 15) is 9.59 Å². The quantitative estimate of drug-likeness (QED) is 0.642. The van der Waals surface area contributed by atoms with Crippen molar-refractivity contribution in [3.8, 4) is 0 Å². The minimum Gasteiger partial charge on any atom is -0.383 e. The van der Waals surface area contributed by atoms with Gasteiger partial charge in [-0.15, -0.1) is 0 Å². The third-order valence-electron chi connectivity index (χ3n) is 4.77. The number of amides is 2. The number of para-hydroxylation sites is 1. The zero-order valence-corrected chi connectivity index (χ0v) is 16.9. The van der Waals surface area contributed by atoms with E-state index in [-0.39, 0.29) is 11.6 Å². The summed E-state index contributed by atoms with van der Waals surface area (Å²) in [6, 6.07) is 14.1. The molecule has 1 heterocycles. The predicted molar refractivity (Wildman–Crippen MR) is 114 cm³/mol. The van der Waals surface area contributed by atoms with Gasteiger partial charge in [-0.1, -0.05) is 31.2 Å². The molecule has 29 heavy (non-hydrogen) atoms. The van der Waals surface area contributed by atoms with E-state index in [4.69, 9.17) is 4.74 Å². The van der Waals surface area contributed by atoms with Crippen molar-refractivity contribution in [1.29, 1.82) is 0 Å². The van der Waals surface area contributed by atoms with Crippen molar-refractivity contribution in [2.24, 2.45) is 0 Å². The Labute approximate surface area is 169 Å². The van der Waals surface area contributed by atoms with E-state index in [1.54, 1.807) is 30.7 Å². The van der Waals surface area contributed by atoms with Gasteiger partial charge in [-0.2, -0.15) is 0 Å². The van der Waals surface area contributed by atoms with Crippen LogP contribution in [0.15, 0.2) is 53.3 Å². The smallest absolute Gasteiger partial charge is 0.319 e. The van der Waals surface area contributed by atoms with Crippen LogP contribution in [0.2, 0.25) is 0 Å². The molecule has 3 rings (SSSR count). The molecular weight excluding hydrogens is 368 g/mol. The van der Waals surface area contributed by atoms with E-state index in [1.807, 2.05) is 36.4 Å². The highest BCUT2D eigenvalue weighted by atomic mass is 16.5. The highest BCUT2D eigenvalue weighted by molar-refractivity contribution is 5.89.